The molecule has 20 heavy (non-hydrogen) atoms. The van der Waals surface area contributed by atoms with Gasteiger partial charge in [0.05, 0.1) is 16.9 Å². The third-order valence-corrected chi connectivity index (χ3v) is 3.55. The standard InChI is InChI=1S/C14H16ClN5/c1-10-3-4-11-12(7-10)20(14(8-15)17-11)6-5-13-16-9-19(2)18-13/h3-4,7,9H,5-6,8H2,1-2H3. The first-order valence-corrected chi connectivity index (χ1v) is 7.07. The molecule has 0 fully saturated rings. The third kappa shape index (κ3) is 2.41. The Balaban J connectivity index is 1.94. The molecule has 0 amide bonds. The summed E-state index contributed by atoms with van der Waals surface area (Å²) in [5.41, 5.74) is 3.33. The van der Waals surface area contributed by atoms with Gasteiger partial charge < -0.3 is 4.57 Å². The van der Waals surface area contributed by atoms with Crippen molar-refractivity contribution >= 4 is 22.6 Å². The number of nitrogens with zero attached hydrogens (tertiary/aromatic N) is 5. The Morgan fingerprint density at radius 3 is 2.85 bits per heavy atom. The van der Waals surface area contributed by atoms with Crippen LogP contribution in [0.1, 0.15) is 17.2 Å². The summed E-state index contributed by atoms with van der Waals surface area (Å²) in [4.78, 5) is 8.83. The Bertz CT molecular complexity index is 743. The van der Waals surface area contributed by atoms with Crippen LogP contribution in [0.15, 0.2) is 24.5 Å². The molecule has 0 aliphatic heterocycles. The Morgan fingerprint density at radius 1 is 1.30 bits per heavy atom. The number of aryl methyl sites for hydroxylation is 4. The second-order valence-electron chi connectivity index (χ2n) is 4.89. The van der Waals surface area contributed by atoms with Crippen LogP contribution in [0.4, 0.5) is 0 Å². The summed E-state index contributed by atoms with van der Waals surface area (Å²) in [6.07, 6.45) is 2.48. The summed E-state index contributed by atoms with van der Waals surface area (Å²) in [6, 6.07) is 6.25. The van der Waals surface area contributed by atoms with E-state index in [0.717, 1.165) is 35.6 Å². The number of fused-ring (bicyclic) bond motifs is 1. The van der Waals surface area contributed by atoms with Crippen LogP contribution >= 0.6 is 11.6 Å². The number of imidazole rings is 1. The summed E-state index contributed by atoms with van der Waals surface area (Å²) < 4.78 is 3.87. The van der Waals surface area contributed by atoms with Gasteiger partial charge in [0.1, 0.15) is 12.2 Å². The fraction of sp³-hybridized carbons (Fsp3) is 0.357. The summed E-state index contributed by atoms with van der Waals surface area (Å²) in [6.45, 7) is 2.86. The number of hydrogen-bond donors (Lipinski definition) is 0. The molecule has 3 rings (SSSR count). The second-order valence-corrected chi connectivity index (χ2v) is 5.16. The molecule has 0 bridgehead atoms. The van der Waals surface area contributed by atoms with Crippen molar-refractivity contribution in [1.82, 2.24) is 24.3 Å². The molecule has 0 saturated carbocycles. The topological polar surface area (TPSA) is 48.5 Å². The van der Waals surface area contributed by atoms with Crippen LogP contribution in [-0.2, 0) is 25.9 Å². The maximum atomic E-state index is 6.01. The number of benzene rings is 1. The van der Waals surface area contributed by atoms with Crippen LogP contribution in [0.25, 0.3) is 11.0 Å². The minimum atomic E-state index is 0.406. The Morgan fingerprint density at radius 2 is 2.15 bits per heavy atom. The van der Waals surface area contributed by atoms with Gasteiger partial charge in [0.2, 0.25) is 0 Å². The summed E-state index contributed by atoms with van der Waals surface area (Å²) >= 11 is 6.01. The van der Waals surface area contributed by atoms with Crippen LogP contribution in [0.3, 0.4) is 0 Å². The van der Waals surface area contributed by atoms with Crippen LogP contribution in [0, 0.1) is 6.92 Å². The molecule has 2 heterocycles. The van der Waals surface area contributed by atoms with Gasteiger partial charge in [0, 0.05) is 20.0 Å². The van der Waals surface area contributed by atoms with E-state index < -0.39 is 0 Å². The minimum absolute atomic E-state index is 0.406. The van der Waals surface area contributed by atoms with Crippen molar-refractivity contribution in [2.75, 3.05) is 0 Å². The van der Waals surface area contributed by atoms with Crippen molar-refractivity contribution in [3.8, 4) is 0 Å². The average molecular weight is 290 g/mol. The molecule has 2 aromatic heterocycles. The van der Waals surface area contributed by atoms with E-state index in [9.17, 15) is 0 Å². The van der Waals surface area contributed by atoms with Crippen molar-refractivity contribution in [3.63, 3.8) is 0 Å². The molecule has 0 atom stereocenters. The highest BCUT2D eigenvalue weighted by molar-refractivity contribution is 6.16. The molecular formula is C14H16ClN5. The Kier molecular flexibility index (Phi) is 3.44. The lowest BCUT2D eigenvalue weighted by atomic mass is 10.2. The van der Waals surface area contributed by atoms with Crippen LogP contribution in [0.2, 0.25) is 0 Å². The van der Waals surface area contributed by atoms with Crippen molar-refractivity contribution in [2.45, 2.75) is 25.8 Å². The monoisotopic (exact) mass is 289 g/mol. The average Bonchev–Trinajstić information content (AvgIpc) is 2.99. The number of alkyl halides is 1. The van der Waals surface area contributed by atoms with E-state index >= 15 is 0 Å². The SMILES string of the molecule is Cc1ccc2nc(CCl)n(CCc3ncn(C)n3)c2c1. The van der Waals surface area contributed by atoms with E-state index in [-0.39, 0.29) is 0 Å². The van der Waals surface area contributed by atoms with E-state index in [0.29, 0.717) is 5.88 Å². The molecule has 0 spiro atoms. The van der Waals surface area contributed by atoms with E-state index in [2.05, 4.69) is 38.7 Å². The lowest BCUT2D eigenvalue weighted by Crippen LogP contribution is -2.06. The number of rotatable bonds is 4. The zero-order valence-corrected chi connectivity index (χ0v) is 12.3. The van der Waals surface area contributed by atoms with Crippen molar-refractivity contribution < 1.29 is 0 Å². The Hall–Kier alpha value is -1.88. The summed E-state index contributed by atoms with van der Waals surface area (Å²) in [5, 5.41) is 4.30. The lowest BCUT2D eigenvalue weighted by molar-refractivity contribution is 0.654. The quantitative estimate of drug-likeness (QED) is 0.693. The fourth-order valence-corrected chi connectivity index (χ4v) is 2.55. The molecule has 6 heteroatoms. The van der Waals surface area contributed by atoms with E-state index in [1.165, 1.54) is 5.56 Å². The van der Waals surface area contributed by atoms with Gasteiger partial charge in [-0.1, -0.05) is 6.07 Å². The van der Waals surface area contributed by atoms with Crippen molar-refractivity contribution in [3.05, 3.63) is 41.7 Å². The third-order valence-electron chi connectivity index (χ3n) is 3.31. The molecule has 0 aliphatic rings. The molecule has 0 unspecified atom stereocenters. The van der Waals surface area contributed by atoms with Gasteiger partial charge in [-0.05, 0) is 24.6 Å². The highest BCUT2D eigenvalue weighted by atomic mass is 35.5. The first-order valence-electron chi connectivity index (χ1n) is 6.53. The van der Waals surface area contributed by atoms with Gasteiger partial charge >= 0.3 is 0 Å². The highest BCUT2D eigenvalue weighted by Gasteiger charge is 2.11. The van der Waals surface area contributed by atoms with Gasteiger partial charge in [-0.2, -0.15) is 5.10 Å². The fourth-order valence-electron chi connectivity index (χ4n) is 2.34. The molecule has 104 valence electrons. The summed E-state index contributed by atoms with van der Waals surface area (Å²) in [5.74, 6) is 2.13. The smallest absolute Gasteiger partial charge is 0.152 e. The first kappa shape index (κ1) is 13.1. The maximum absolute atomic E-state index is 6.01. The maximum Gasteiger partial charge on any atom is 0.152 e. The lowest BCUT2D eigenvalue weighted by Gasteiger charge is -2.06. The van der Waals surface area contributed by atoms with E-state index in [4.69, 9.17) is 11.6 Å². The van der Waals surface area contributed by atoms with Crippen LogP contribution in [-0.4, -0.2) is 24.3 Å². The van der Waals surface area contributed by atoms with E-state index in [1.54, 1.807) is 11.0 Å². The molecule has 0 aliphatic carbocycles. The molecule has 3 aromatic rings. The number of aromatic nitrogens is 5. The van der Waals surface area contributed by atoms with E-state index in [1.807, 2.05) is 13.1 Å². The molecule has 1 aromatic carbocycles. The Labute approximate surface area is 122 Å². The predicted octanol–water partition coefficient (Wildman–Crippen LogP) is 2.45. The first-order chi connectivity index (χ1) is 9.67. The van der Waals surface area contributed by atoms with Gasteiger partial charge in [-0.25, -0.2) is 9.97 Å². The highest BCUT2D eigenvalue weighted by Crippen LogP contribution is 2.19. The number of halogens is 1. The molecule has 0 radical (unpaired) electrons. The number of hydrogen-bond acceptors (Lipinski definition) is 3. The van der Waals surface area contributed by atoms with Crippen LogP contribution in [0.5, 0.6) is 0 Å². The van der Waals surface area contributed by atoms with Gasteiger partial charge in [0.15, 0.2) is 5.82 Å². The van der Waals surface area contributed by atoms with Gasteiger partial charge in [-0.15, -0.1) is 11.6 Å². The van der Waals surface area contributed by atoms with Crippen LogP contribution < -0.4 is 0 Å². The van der Waals surface area contributed by atoms with Gasteiger partial charge in [0.25, 0.3) is 0 Å². The normalized spacial score (nSPS) is 11.3. The largest absolute Gasteiger partial charge is 0.327 e. The second kappa shape index (κ2) is 5.25. The zero-order chi connectivity index (χ0) is 14.1. The molecule has 5 nitrogen and oxygen atoms in total. The molecule has 0 saturated heterocycles. The predicted molar refractivity (Wildman–Crippen MR) is 78.7 cm³/mol. The van der Waals surface area contributed by atoms with Crippen molar-refractivity contribution in [2.24, 2.45) is 7.05 Å². The minimum Gasteiger partial charge on any atom is -0.327 e. The molecular weight excluding hydrogens is 274 g/mol. The summed E-state index contributed by atoms with van der Waals surface area (Å²) in [7, 11) is 1.87. The van der Waals surface area contributed by atoms with Gasteiger partial charge in [-0.3, -0.25) is 4.68 Å². The zero-order valence-electron chi connectivity index (χ0n) is 11.5. The van der Waals surface area contributed by atoms with Crippen molar-refractivity contribution in [1.29, 1.82) is 0 Å². The molecule has 0 N–H and O–H groups in total.